The summed E-state index contributed by atoms with van der Waals surface area (Å²) >= 11 is 3.33. The molecule has 94 valence electrons. The van der Waals surface area contributed by atoms with E-state index in [2.05, 4.69) is 25.6 Å². The number of nitrogens with one attached hydrogen (secondary N) is 1. The molecule has 0 aliphatic carbocycles. The maximum atomic E-state index is 12.0. The molecule has 0 bridgehead atoms. The predicted octanol–water partition coefficient (Wildman–Crippen LogP) is 1.91. The molecule has 0 unspecified atom stereocenters. The first-order valence-electron chi connectivity index (χ1n) is 5.40. The largest absolute Gasteiger partial charge is 0.302 e. The Balaban J connectivity index is 2.17. The second-order valence-electron chi connectivity index (χ2n) is 3.98. The predicted molar refractivity (Wildman–Crippen MR) is 70.0 cm³/mol. The summed E-state index contributed by atoms with van der Waals surface area (Å²) < 4.78 is 28.7. The van der Waals surface area contributed by atoms with Crippen molar-refractivity contribution in [1.82, 2.24) is 9.29 Å². The summed E-state index contributed by atoms with van der Waals surface area (Å²) in [7, 11) is -3.44. The van der Waals surface area contributed by atoms with Crippen molar-refractivity contribution in [3.63, 3.8) is 0 Å². The lowest BCUT2D eigenvalue weighted by molar-refractivity contribution is 0.482. The van der Waals surface area contributed by atoms with E-state index in [1.165, 1.54) is 4.31 Å². The second kappa shape index (κ2) is 4.91. The Morgan fingerprint density at radius 2 is 2.00 bits per heavy atom. The summed E-state index contributed by atoms with van der Waals surface area (Å²) in [5.74, 6) is 0.359. The SMILES string of the molecule is Cc1nc(NS(=O)(=O)N2CCCC2)ccc1Br. The number of hydrogen-bond donors (Lipinski definition) is 1. The van der Waals surface area contributed by atoms with Crippen LogP contribution in [0.25, 0.3) is 0 Å². The summed E-state index contributed by atoms with van der Waals surface area (Å²) in [5, 5.41) is 0. The van der Waals surface area contributed by atoms with Gasteiger partial charge in [-0.1, -0.05) is 0 Å². The summed E-state index contributed by atoms with van der Waals surface area (Å²) in [6, 6.07) is 3.43. The molecule has 0 radical (unpaired) electrons. The van der Waals surface area contributed by atoms with Gasteiger partial charge in [0.2, 0.25) is 0 Å². The van der Waals surface area contributed by atoms with Crippen molar-refractivity contribution >= 4 is 32.0 Å². The summed E-state index contributed by atoms with van der Waals surface area (Å²) in [6.45, 7) is 2.99. The normalized spacial score (nSPS) is 17.3. The molecular weight excluding hydrogens is 306 g/mol. The fourth-order valence-electron chi connectivity index (χ4n) is 1.73. The molecular formula is C10H14BrN3O2S. The molecule has 2 rings (SSSR count). The molecule has 1 fully saturated rings. The topological polar surface area (TPSA) is 62.3 Å². The first-order chi connectivity index (χ1) is 7.99. The minimum absolute atomic E-state index is 0.359. The lowest BCUT2D eigenvalue weighted by Gasteiger charge is -2.16. The van der Waals surface area contributed by atoms with Gasteiger partial charge in [0.05, 0.1) is 5.69 Å². The Labute approximate surface area is 110 Å². The molecule has 5 nitrogen and oxygen atoms in total. The van der Waals surface area contributed by atoms with Crippen molar-refractivity contribution in [3.8, 4) is 0 Å². The summed E-state index contributed by atoms with van der Waals surface area (Å²) in [6.07, 6.45) is 1.85. The highest BCUT2D eigenvalue weighted by atomic mass is 79.9. The van der Waals surface area contributed by atoms with E-state index < -0.39 is 10.2 Å². The Hall–Kier alpha value is -0.660. The van der Waals surface area contributed by atoms with Crippen LogP contribution >= 0.6 is 15.9 Å². The van der Waals surface area contributed by atoms with Gasteiger partial charge in [-0.3, -0.25) is 4.72 Å². The van der Waals surface area contributed by atoms with E-state index in [1.54, 1.807) is 12.1 Å². The van der Waals surface area contributed by atoms with E-state index in [9.17, 15) is 8.42 Å². The van der Waals surface area contributed by atoms with Crippen molar-refractivity contribution in [2.45, 2.75) is 19.8 Å². The van der Waals surface area contributed by atoms with Crippen LogP contribution in [0.15, 0.2) is 16.6 Å². The van der Waals surface area contributed by atoms with Gasteiger partial charge < -0.3 is 0 Å². The highest BCUT2D eigenvalue weighted by molar-refractivity contribution is 9.10. The van der Waals surface area contributed by atoms with E-state index in [1.807, 2.05) is 6.92 Å². The lowest BCUT2D eigenvalue weighted by Crippen LogP contribution is -2.33. The van der Waals surface area contributed by atoms with Crippen molar-refractivity contribution in [2.24, 2.45) is 0 Å². The fraction of sp³-hybridized carbons (Fsp3) is 0.500. The van der Waals surface area contributed by atoms with Crippen molar-refractivity contribution in [3.05, 3.63) is 22.3 Å². The number of halogens is 1. The quantitative estimate of drug-likeness (QED) is 0.925. The van der Waals surface area contributed by atoms with E-state index in [0.29, 0.717) is 18.9 Å². The highest BCUT2D eigenvalue weighted by Crippen LogP contribution is 2.19. The summed E-state index contributed by atoms with van der Waals surface area (Å²) in [5.41, 5.74) is 0.756. The van der Waals surface area contributed by atoms with Gasteiger partial charge in [0.25, 0.3) is 0 Å². The Morgan fingerprint density at radius 1 is 1.35 bits per heavy atom. The maximum absolute atomic E-state index is 12.0. The van der Waals surface area contributed by atoms with Gasteiger partial charge in [0, 0.05) is 17.6 Å². The van der Waals surface area contributed by atoms with Crippen LogP contribution in [0, 0.1) is 6.92 Å². The van der Waals surface area contributed by atoms with E-state index in [0.717, 1.165) is 23.0 Å². The third-order valence-corrected chi connectivity index (χ3v) is 5.01. The molecule has 1 aromatic heterocycles. The van der Waals surface area contributed by atoms with Gasteiger partial charge in [0.15, 0.2) is 0 Å². The number of anilines is 1. The number of aryl methyl sites for hydroxylation is 1. The van der Waals surface area contributed by atoms with Gasteiger partial charge >= 0.3 is 10.2 Å². The van der Waals surface area contributed by atoms with Crippen molar-refractivity contribution in [1.29, 1.82) is 0 Å². The molecule has 1 N–H and O–H groups in total. The zero-order valence-corrected chi connectivity index (χ0v) is 11.9. The monoisotopic (exact) mass is 319 g/mol. The van der Waals surface area contributed by atoms with Gasteiger partial charge in [-0.05, 0) is 47.8 Å². The van der Waals surface area contributed by atoms with Crippen LogP contribution in [0.1, 0.15) is 18.5 Å². The standard InChI is InChI=1S/C10H14BrN3O2S/c1-8-9(11)4-5-10(12-8)13-17(15,16)14-6-2-3-7-14/h4-5H,2-3,6-7H2,1H3,(H,12,13). The molecule has 2 heterocycles. The Morgan fingerprint density at radius 3 is 2.59 bits per heavy atom. The molecule has 1 aliphatic heterocycles. The second-order valence-corrected chi connectivity index (χ2v) is 6.50. The minimum atomic E-state index is -3.44. The number of nitrogens with zero attached hydrogens (tertiary/aromatic N) is 2. The molecule has 7 heteroatoms. The van der Waals surface area contributed by atoms with Gasteiger partial charge in [0.1, 0.15) is 5.82 Å². The van der Waals surface area contributed by atoms with Gasteiger partial charge in [-0.25, -0.2) is 4.98 Å². The number of pyridine rings is 1. The van der Waals surface area contributed by atoms with E-state index >= 15 is 0 Å². The van der Waals surface area contributed by atoms with Gasteiger partial charge in [-0.15, -0.1) is 0 Å². The smallest absolute Gasteiger partial charge is 0.254 e. The first-order valence-corrected chi connectivity index (χ1v) is 7.63. The average molecular weight is 320 g/mol. The van der Waals surface area contributed by atoms with Crippen LogP contribution in [-0.4, -0.2) is 30.8 Å². The van der Waals surface area contributed by atoms with Crippen LogP contribution in [0.4, 0.5) is 5.82 Å². The highest BCUT2D eigenvalue weighted by Gasteiger charge is 2.25. The maximum Gasteiger partial charge on any atom is 0.302 e. The molecule has 0 saturated carbocycles. The molecule has 0 amide bonds. The van der Waals surface area contributed by atoms with Crippen LogP contribution < -0.4 is 4.72 Å². The zero-order chi connectivity index (χ0) is 12.5. The lowest BCUT2D eigenvalue weighted by atomic mass is 10.4. The minimum Gasteiger partial charge on any atom is -0.254 e. The molecule has 0 aromatic carbocycles. The summed E-state index contributed by atoms with van der Waals surface area (Å²) in [4.78, 5) is 4.17. The molecule has 17 heavy (non-hydrogen) atoms. The molecule has 1 saturated heterocycles. The molecule has 1 aliphatic rings. The van der Waals surface area contributed by atoms with E-state index in [-0.39, 0.29) is 0 Å². The van der Waals surface area contributed by atoms with E-state index in [4.69, 9.17) is 0 Å². The third-order valence-electron chi connectivity index (χ3n) is 2.66. The number of aromatic nitrogens is 1. The average Bonchev–Trinajstić information content (AvgIpc) is 2.77. The molecule has 1 aromatic rings. The number of rotatable bonds is 3. The molecule has 0 atom stereocenters. The third kappa shape index (κ3) is 2.97. The number of hydrogen-bond acceptors (Lipinski definition) is 3. The zero-order valence-electron chi connectivity index (χ0n) is 9.48. The van der Waals surface area contributed by atoms with Crippen LogP contribution in [-0.2, 0) is 10.2 Å². The van der Waals surface area contributed by atoms with Crippen LogP contribution in [0.5, 0.6) is 0 Å². The van der Waals surface area contributed by atoms with Gasteiger partial charge in [-0.2, -0.15) is 12.7 Å². The van der Waals surface area contributed by atoms with Crippen molar-refractivity contribution < 1.29 is 8.42 Å². The van der Waals surface area contributed by atoms with Crippen molar-refractivity contribution in [2.75, 3.05) is 17.8 Å². The fourth-order valence-corrected chi connectivity index (χ4v) is 3.19. The molecule has 0 spiro atoms. The van der Waals surface area contributed by atoms with Crippen LogP contribution in [0.2, 0.25) is 0 Å². The van der Waals surface area contributed by atoms with Crippen LogP contribution in [0.3, 0.4) is 0 Å². The Kier molecular flexibility index (Phi) is 3.70. The Bertz CT molecular complexity index is 512. The first kappa shape index (κ1) is 12.8.